The van der Waals surface area contributed by atoms with Gasteiger partial charge in [-0.2, -0.15) is 5.10 Å². The van der Waals surface area contributed by atoms with Crippen molar-refractivity contribution >= 4 is 0 Å². The van der Waals surface area contributed by atoms with Crippen LogP contribution >= 0.6 is 0 Å². The number of aliphatic hydroxyl groups excluding tert-OH is 1. The van der Waals surface area contributed by atoms with Crippen molar-refractivity contribution in [2.24, 2.45) is 12.5 Å². The van der Waals surface area contributed by atoms with Crippen LogP contribution in [0, 0.1) is 12.3 Å². The zero-order chi connectivity index (χ0) is 17.0. The molecular formula is C20H29N3O. The molecule has 1 aliphatic rings. The summed E-state index contributed by atoms with van der Waals surface area (Å²) < 4.78 is 1.94. The van der Waals surface area contributed by atoms with Crippen molar-refractivity contribution in [2.75, 3.05) is 19.7 Å². The lowest BCUT2D eigenvalue weighted by Crippen LogP contribution is -2.42. The first-order valence-corrected chi connectivity index (χ1v) is 8.96. The molecule has 0 unspecified atom stereocenters. The molecule has 1 aliphatic heterocycles. The summed E-state index contributed by atoms with van der Waals surface area (Å²) in [6.45, 7) is 5.52. The molecular weight excluding hydrogens is 298 g/mol. The number of piperidine rings is 1. The van der Waals surface area contributed by atoms with E-state index in [1.54, 1.807) is 0 Å². The minimum absolute atomic E-state index is 0.0936. The van der Waals surface area contributed by atoms with E-state index in [9.17, 15) is 5.11 Å². The van der Waals surface area contributed by atoms with Crippen LogP contribution < -0.4 is 0 Å². The van der Waals surface area contributed by atoms with E-state index < -0.39 is 0 Å². The van der Waals surface area contributed by atoms with Crippen molar-refractivity contribution in [2.45, 2.75) is 39.2 Å². The molecule has 130 valence electrons. The number of hydrogen-bond donors (Lipinski definition) is 1. The van der Waals surface area contributed by atoms with Gasteiger partial charge in [0.05, 0.1) is 6.20 Å². The van der Waals surface area contributed by atoms with Crippen molar-refractivity contribution in [1.82, 2.24) is 14.7 Å². The number of likely N-dealkylation sites (tertiary alicyclic amines) is 1. The van der Waals surface area contributed by atoms with Crippen LogP contribution in [0.15, 0.2) is 36.5 Å². The summed E-state index contributed by atoms with van der Waals surface area (Å²) in [6.07, 6.45) is 6.28. The first kappa shape index (κ1) is 17.2. The molecule has 0 aliphatic carbocycles. The molecule has 2 heterocycles. The maximum absolute atomic E-state index is 10.0. The van der Waals surface area contributed by atoms with Gasteiger partial charge in [0.1, 0.15) is 0 Å². The Morgan fingerprint density at radius 2 is 1.88 bits per heavy atom. The van der Waals surface area contributed by atoms with Crippen LogP contribution in [0.1, 0.15) is 36.1 Å². The summed E-state index contributed by atoms with van der Waals surface area (Å²) in [7, 11) is 2.00. The van der Waals surface area contributed by atoms with E-state index in [2.05, 4.69) is 47.3 Å². The van der Waals surface area contributed by atoms with Crippen LogP contribution in [-0.4, -0.2) is 39.5 Å². The van der Waals surface area contributed by atoms with Crippen LogP contribution in [0.25, 0.3) is 0 Å². The van der Waals surface area contributed by atoms with Crippen molar-refractivity contribution in [1.29, 1.82) is 0 Å². The second-order valence-corrected chi connectivity index (χ2v) is 7.30. The van der Waals surface area contributed by atoms with Crippen LogP contribution in [0.5, 0.6) is 0 Å². The van der Waals surface area contributed by atoms with Gasteiger partial charge in [-0.15, -0.1) is 0 Å². The molecule has 0 atom stereocenters. The third kappa shape index (κ3) is 3.87. The number of aliphatic hydroxyl groups is 1. The highest BCUT2D eigenvalue weighted by molar-refractivity contribution is 5.16. The summed E-state index contributed by atoms with van der Waals surface area (Å²) in [6, 6.07) is 10.6. The Morgan fingerprint density at radius 1 is 1.17 bits per heavy atom. The molecule has 0 radical (unpaired) electrons. The fraction of sp³-hybridized carbons (Fsp3) is 0.550. The van der Waals surface area contributed by atoms with E-state index in [4.69, 9.17) is 0 Å². The van der Waals surface area contributed by atoms with Crippen molar-refractivity contribution in [3.8, 4) is 0 Å². The van der Waals surface area contributed by atoms with E-state index in [0.29, 0.717) is 6.61 Å². The lowest BCUT2D eigenvalue weighted by atomic mass is 9.75. The first-order valence-electron chi connectivity index (χ1n) is 8.96. The van der Waals surface area contributed by atoms with Gasteiger partial charge in [-0.3, -0.25) is 9.58 Å². The molecule has 4 heteroatoms. The van der Waals surface area contributed by atoms with E-state index in [1.807, 2.05) is 17.9 Å². The lowest BCUT2D eigenvalue weighted by molar-refractivity contribution is 0.0346. The van der Waals surface area contributed by atoms with Crippen LogP contribution in [0.4, 0.5) is 0 Å². The molecule has 2 aromatic rings. The predicted molar refractivity (Wildman–Crippen MR) is 96.7 cm³/mol. The van der Waals surface area contributed by atoms with Crippen LogP contribution in [0.2, 0.25) is 0 Å². The number of aryl methyl sites for hydroxylation is 2. The third-order valence-corrected chi connectivity index (χ3v) is 5.77. The van der Waals surface area contributed by atoms with Gasteiger partial charge < -0.3 is 5.11 Å². The highest BCUT2D eigenvalue weighted by Gasteiger charge is 2.33. The normalized spacial score (nSPS) is 18.0. The Bertz CT molecular complexity index is 642. The van der Waals surface area contributed by atoms with Gasteiger partial charge in [0, 0.05) is 31.5 Å². The summed E-state index contributed by atoms with van der Waals surface area (Å²) >= 11 is 0. The molecule has 4 nitrogen and oxygen atoms in total. The third-order valence-electron chi connectivity index (χ3n) is 5.77. The molecule has 0 spiro atoms. The van der Waals surface area contributed by atoms with E-state index in [1.165, 1.54) is 16.8 Å². The molecule has 0 bridgehead atoms. The Balaban J connectivity index is 1.54. The van der Waals surface area contributed by atoms with Gasteiger partial charge in [0.15, 0.2) is 0 Å². The number of hydrogen-bond acceptors (Lipinski definition) is 3. The average molecular weight is 327 g/mol. The Hall–Kier alpha value is -1.65. The molecule has 3 rings (SSSR count). The zero-order valence-corrected chi connectivity index (χ0v) is 14.9. The number of nitrogens with zero attached hydrogens (tertiary/aromatic N) is 3. The molecule has 0 amide bonds. The Labute approximate surface area is 145 Å². The minimum Gasteiger partial charge on any atom is -0.396 e. The van der Waals surface area contributed by atoms with Gasteiger partial charge in [-0.1, -0.05) is 30.3 Å². The maximum Gasteiger partial charge on any atom is 0.0537 e. The quantitative estimate of drug-likeness (QED) is 0.887. The van der Waals surface area contributed by atoms with E-state index >= 15 is 0 Å². The number of rotatable bonds is 6. The van der Waals surface area contributed by atoms with E-state index in [0.717, 1.165) is 45.3 Å². The molecule has 0 saturated carbocycles. The fourth-order valence-electron chi connectivity index (χ4n) is 3.67. The lowest BCUT2D eigenvalue weighted by Gasteiger charge is -2.41. The molecule has 1 aromatic heterocycles. The van der Waals surface area contributed by atoms with Gasteiger partial charge >= 0.3 is 0 Å². The summed E-state index contributed by atoms with van der Waals surface area (Å²) in [5.41, 5.74) is 4.03. The first-order chi connectivity index (χ1) is 11.6. The van der Waals surface area contributed by atoms with E-state index in [-0.39, 0.29) is 5.41 Å². The molecule has 1 aromatic carbocycles. The van der Waals surface area contributed by atoms with Gasteiger partial charge in [-0.25, -0.2) is 0 Å². The smallest absolute Gasteiger partial charge is 0.0537 e. The highest BCUT2D eigenvalue weighted by Crippen LogP contribution is 2.36. The second kappa shape index (κ2) is 7.49. The summed E-state index contributed by atoms with van der Waals surface area (Å²) in [5, 5.41) is 14.4. The van der Waals surface area contributed by atoms with Crippen LogP contribution in [-0.2, 0) is 20.0 Å². The standard InChI is InChI=1S/C20H29N3O/c1-17-19(14-21-22(17)2)15-23-12-10-20(16-24,11-13-23)9-8-18-6-4-3-5-7-18/h3-7,14,24H,8-13,15-16H2,1-2H3. The SMILES string of the molecule is Cc1c(CN2CCC(CO)(CCc3ccccc3)CC2)cnn1C. The van der Waals surface area contributed by atoms with Crippen molar-refractivity contribution in [3.05, 3.63) is 53.3 Å². The van der Waals surface area contributed by atoms with Gasteiger partial charge in [-0.05, 0) is 56.7 Å². The monoisotopic (exact) mass is 327 g/mol. The second-order valence-electron chi connectivity index (χ2n) is 7.30. The largest absolute Gasteiger partial charge is 0.396 e. The Morgan fingerprint density at radius 3 is 2.46 bits per heavy atom. The van der Waals surface area contributed by atoms with Crippen molar-refractivity contribution < 1.29 is 5.11 Å². The number of benzene rings is 1. The minimum atomic E-state index is 0.0936. The summed E-state index contributed by atoms with van der Waals surface area (Å²) in [5.74, 6) is 0. The highest BCUT2D eigenvalue weighted by atomic mass is 16.3. The molecule has 1 saturated heterocycles. The van der Waals surface area contributed by atoms with Gasteiger partial charge in [0.2, 0.25) is 0 Å². The topological polar surface area (TPSA) is 41.3 Å². The maximum atomic E-state index is 10.0. The van der Waals surface area contributed by atoms with Gasteiger partial charge in [0.25, 0.3) is 0 Å². The van der Waals surface area contributed by atoms with Crippen molar-refractivity contribution in [3.63, 3.8) is 0 Å². The van der Waals surface area contributed by atoms with Crippen LogP contribution in [0.3, 0.4) is 0 Å². The Kier molecular flexibility index (Phi) is 5.36. The molecule has 24 heavy (non-hydrogen) atoms. The average Bonchev–Trinajstić information content (AvgIpc) is 2.94. The molecule has 1 N–H and O–H groups in total. The summed E-state index contributed by atoms with van der Waals surface area (Å²) in [4.78, 5) is 2.50. The number of aromatic nitrogens is 2. The zero-order valence-electron chi connectivity index (χ0n) is 14.9. The predicted octanol–water partition coefficient (Wildman–Crippen LogP) is 2.94. The fourth-order valence-corrected chi connectivity index (χ4v) is 3.67. The molecule has 1 fully saturated rings.